The van der Waals surface area contributed by atoms with Gasteiger partial charge in [0, 0.05) is 19.4 Å². The van der Waals surface area contributed by atoms with Gasteiger partial charge in [-0.3, -0.25) is 4.79 Å². The Morgan fingerprint density at radius 3 is 2.56 bits per heavy atom. The number of esters is 1. The van der Waals surface area contributed by atoms with E-state index in [1.807, 2.05) is 24.3 Å². The number of ether oxygens (including phenoxy) is 3. The van der Waals surface area contributed by atoms with Crippen molar-refractivity contribution in [3.8, 4) is 17.2 Å². The second-order valence-electron chi connectivity index (χ2n) is 5.46. The number of hydrogen-bond acceptors (Lipinski definition) is 6. The molecule has 2 aromatic carbocycles. The molecule has 0 bridgehead atoms. The maximum Gasteiger partial charge on any atom is 0.311 e. The van der Waals surface area contributed by atoms with Gasteiger partial charge in [0.15, 0.2) is 11.5 Å². The molecular formula is C19H19NO5. The van der Waals surface area contributed by atoms with Gasteiger partial charge in [-0.2, -0.15) is 0 Å². The first-order chi connectivity index (χ1) is 12.1. The summed E-state index contributed by atoms with van der Waals surface area (Å²) < 4.78 is 21.4. The first-order valence-electron chi connectivity index (χ1n) is 7.99. The first kappa shape index (κ1) is 16.8. The summed E-state index contributed by atoms with van der Waals surface area (Å²) in [6.45, 7) is 2.21. The Balaban J connectivity index is 1.43. The Morgan fingerprint density at radius 2 is 1.80 bits per heavy atom. The van der Waals surface area contributed by atoms with E-state index in [1.54, 1.807) is 32.2 Å². The minimum Gasteiger partial charge on any atom is -0.497 e. The first-order valence-corrected chi connectivity index (χ1v) is 7.99. The minimum absolute atomic E-state index is 0.270. The lowest BCUT2D eigenvalue weighted by molar-refractivity contribution is -0.134. The summed E-state index contributed by atoms with van der Waals surface area (Å²) >= 11 is 0. The van der Waals surface area contributed by atoms with Crippen molar-refractivity contribution in [1.29, 1.82) is 0 Å². The molecule has 0 atom stereocenters. The van der Waals surface area contributed by atoms with Crippen molar-refractivity contribution < 1.29 is 23.4 Å². The summed E-state index contributed by atoms with van der Waals surface area (Å²) in [4.78, 5) is 16.1. The van der Waals surface area contributed by atoms with E-state index < -0.39 is 0 Å². The molecule has 0 fully saturated rings. The van der Waals surface area contributed by atoms with Gasteiger partial charge in [0.25, 0.3) is 0 Å². The number of aryl methyl sites for hydroxylation is 1. The number of fused-ring (bicyclic) bond motifs is 1. The Kier molecular flexibility index (Phi) is 5.18. The van der Waals surface area contributed by atoms with Gasteiger partial charge < -0.3 is 18.6 Å². The van der Waals surface area contributed by atoms with E-state index in [1.165, 1.54) is 0 Å². The second kappa shape index (κ2) is 7.70. The third-order valence-corrected chi connectivity index (χ3v) is 3.55. The maximum atomic E-state index is 11.9. The fourth-order valence-electron chi connectivity index (χ4n) is 2.35. The second-order valence-corrected chi connectivity index (χ2v) is 5.46. The van der Waals surface area contributed by atoms with Crippen LogP contribution >= 0.6 is 0 Å². The molecule has 130 valence electrons. The molecule has 3 aromatic rings. The van der Waals surface area contributed by atoms with Gasteiger partial charge in [-0.1, -0.05) is 0 Å². The normalized spacial score (nSPS) is 10.6. The Morgan fingerprint density at radius 1 is 1.08 bits per heavy atom. The molecule has 0 amide bonds. The molecule has 0 aliphatic heterocycles. The number of carbonyl (C=O) groups excluding carboxylic acids is 1. The van der Waals surface area contributed by atoms with Crippen molar-refractivity contribution in [3.63, 3.8) is 0 Å². The van der Waals surface area contributed by atoms with Gasteiger partial charge in [-0.05, 0) is 42.8 Å². The van der Waals surface area contributed by atoms with Gasteiger partial charge >= 0.3 is 5.97 Å². The van der Waals surface area contributed by atoms with Crippen LogP contribution in [0.2, 0.25) is 0 Å². The van der Waals surface area contributed by atoms with E-state index in [9.17, 15) is 4.79 Å². The average molecular weight is 341 g/mol. The molecule has 3 rings (SSSR count). The van der Waals surface area contributed by atoms with Crippen LogP contribution in [0.25, 0.3) is 11.1 Å². The lowest BCUT2D eigenvalue weighted by Gasteiger charge is -2.07. The van der Waals surface area contributed by atoms with Crippen LogP contribution in [0.1, 0.15) is 18.7 Å². The molecule has 0 saturated heterocycles. The maximum absolute atomic E-state index is 11.9. The highest BCUT2D eigenvalue weighted by Gasteiger charge is 2.08. The number of methoxy groups -OCH3 is 1. The van der Waals surface area contributed by atoms with Crippen molar-refractivity contribution in [1.82, 2.24) is 4.98 Å². The van der Waals surface area contributed by atoms with Crippen molar-refractivity contribution in [3.05, 3.63) is 48.4 Å². The number of carbonyl (C=O) groups is 1. The zero-order valence-electron chi connectivity index (χ0n) is 14.2. The zero-order chi connectivity index (χ0) is 17.6. The number of nitrogens with zero attached hydrogens (tertiary/aromatic N) is 1. The summed E-state index contributed by atoms with van der Waals surface area (Å²) in [7, 11) is 1.61. The molecule has 6 heteroatoms. The van der Waals surface area contributed by atoms with Gasteiger partial charge in [0.1, 0.15) is 22.8 Å². The molecule has 0 N–H and O–H groups in total. The highest BCUT2D eigenvalue weighted by atomic mass is 16.5. The molecule has 6 nitrogen and oxygen atoms in total. The summed E-state index contributed by atoms with van der Waals surface area (Å²) in [5, 5.41) is 0. The molecule has 0 aliphatic carbocycles. The zero-order valence-corrected chi connectivity index (χ0v) is 14.2. The number of aromatic nitrogens is 1. The smallest absolute Gasteiger partial charge is 0.311 e. The van der Waals surface area contributed by atoms with Crippen molar-refractivity contribution in [2.45, 2.75) is 19.8 Å². The van der Waals surface area contributed by atoms with Crippen LogP contribution in [0.3, 0.4) is 0 Å². The Labute approximate surface area is 145 Å². The van der Waals surface area contributed by atoms with E-state index in [4.69, 9.17) is 18.6 Å². The predicted molar refractivity (Wildman–Crippen MR) is 92.1 cm³/mol. The highest BCUT2D eigenvalue weighted by Crippen LogP contribution is 2.22. The monoisotopic (exact) mass is 341 g/mol. The third-order valence-electron chi connectivity index (χ3n) is 3.55. The van der Waals surface area contributed by atoms with E-state index >= 15 is 0 Å². The van der Waals surface area contributed by atoms with Crippen LogP contribution in [-0.4, -0.2) is 24.7 Å². The molecule has 1 heterocycles. The largest absolute Gasteiger partial charge is 0.497 e. The molecule has 25 heavy (non-hydrogen) atoms. The number of rotatable bonds is 7. The Hall–Kier alpha value is -3.02. The van der Waals surface area contributed by atoms with E-state index in [0.717, 1.165) is 11.5 Å². The van der Waals surface area contributed by atoms with E-state index in [2.05, 4.69) is 4.98 Å². The van der Waals surface area contributed by atoms with E-state index in [-0.39, 0.29) is 12.4 Å². The Bertz CT molecular complexity index is 854. The predicted octanol–water partition coefficient (Wildman–Crippen LogP) is 3.91. The molecule has 0 saturated carbocycles. The SMILES string of the molecule is COc1ccc(OCCCC(=O)Oc2ccc3oc(C)nc3c2)cc1. The van der Waals surface area contributed by atoms with Crippen LogP contribution < -0.4 is 14.2 Å². The molecule has 0 aliphatic rings. The van der Waals surface area contributed by atoms with Gasteiger partial charge in [0.2, 0.25) is 0 Å². The van der Waals surface area contributed by atoms with Crippen molar-refractivity contribution >= 4 is 17.1 Å². The molecule has 0 radical (unpaired) electrons. The van der Waals surface area contributed by atoms with Crippen LogP contribution in [0.4, 0.5) is 0 Å². The highest BCUT2D eigenvalue weighted by molar-refractivity contribution is 5.77. The van der Waals surface area contributed by atoms with Crippen LogP contribution in [0.15, 0.2) is 46.9 Å². The minimum atomic E-state index is -0.308. The quantitative estimate of drug-likeness (QED) is 0.369. The lowest BCUT2D eigenvalue weighted by atomic mass is 10.3. The average Bonchev–Trinajstić information content (AvgIpc) is 2.98. The summed E-state index contributed by atoms with van der Waals surface area (Å²) in [6, 6.07) is 12.4. The van der Waals surface area contributed by atoms with Gasteiger partial charge in [0.05, 0.1) is 13.7 Å². The van der Waals surface area contributed by atoms with Crippen molar-refractivity contribution in [2.75, 3.05) is 13.7 Å². The van der Waals surface area contributed by atoms with Crippen molar-refractivity contribution in [2.24, 2.45) is 0 Å². The van der Waals surface area contributed by atoms with Crippen LogP contribution in [-0.2, 0) is 4.79 Å². The van der Waals surface area contributed by atoms with E-state index in [0.29, 0.717) is 35.8 Å². The van der Waals surface area contributed by atoms with Crippen LogP contribution in [0, 0.1) is 6.92 Å². The standard InChI is InChI=1S/C19H19NO5/c1-13-20-17-12-16(9-10-18(17)24-13)25-19(21)4-3-11-23-15-7-5-14(22-2)6-8-15/h5-10,12H,3-4,11H2,1-2H3. The topological polar surface area (TPSA) is 70.8 Å². The third kappa shape index (κ3) is 4.50. The summed E-state index contributed by atoms with van der Waals surface area (Å²) in [5.74, 6) is 2.24. The molecular weight excluding hydrogens is 322 g/mol. The lowest BCUT2D eigenvalue weighted by Crippen LogP contribution is -2.09. The molecule has 1 aromatic heterocycles. The van der Waals surface area contributed by atoms with Gasteiger partial charge in [-0.25, -0.2) is 4.98 Å². The fourth-order valence-corrected chi connectivity index (χ4v) is 2.35. The molecule has 0 spiro atoms. The number of hydrogen-bond donors (Lipinski definition) is 0. The molecule has 0 unspecified atom stereocenters. The van der Waals surface area contributed by atoms with Gasteiger partial charge in [-0.15, -0.1) is 0 Å². The summed E-state index contributed by atoms with van der Waals surface area (Å²) in [6.07, 6.45) is 0.836. The summed E-state index contributed by atoms with van der Waals surface area (Å²) in [5.41, 5.74) is 1.34. The van der Waals surface area contributed by atoms with Crippen LogP contribution in [0.5, 0.6) is 17.2 Å². The fraction of sp³-hybridized carbons (Fsp3) is 0.263. The number of benzene rings is 2. The number of oxazole rings is 1.